The molecule has 0 saturated carbocycles. The number of benzene rings is 1. The second-order valence-electron chi connectivity index (χ2n) is 4.04. The lowest BCUT2D eigenvalue weighted by Gasteiger charge is -2.04. The van der Waals surface area contributed by atoms with E-state index in [1.54, 1.807) is 0 Å². The highest BCUT2D eigenvalue weighted by Gasteiger charge is 2.12. The van der Waals surface area contributed by atoms with E-state index in [9.17, 15) is 0 Å². The van der Waals surface area contributed by atoms with Crippen LogP contribution in [0.2, 0.25) is 5.02 Å². The van der Waals surface area contributed by atoms with Gasteiger partial charge in [-0.3, -0.25) is 0 Å². The van der Waals surface area contributed by atoms with Crippen molar-refractivity contribution in [3.63, 3.8) is 0 Å². The van der Waals surface area contributed by atoms with Crippen LogP contribution in [-0.2, 0) is 0 Å². The maximum atomic E-state index is 6.04. The first-order chi connectivity index (χ1) is 8.60. The first kappa shape index (κ1) is 12.9. The van der Waals surface area contributed by atoms with Gasteiger partial charge in [0.25, 0.3) is 0 Å². The molecule has 0 amide bonds. The maximum Gasteiger partial charge on any atom is 0.320 e. The number of halogens is 1. The monoisotopic (exact) mass is 266 g/mol. The van der Waals surface area contributed by atoms with Gasteiger partial charge in [-0.1, -0.05) is 22.8 Å². The van der Waals surface area contributed by atoms with E-state index in [1.165, 1.54) is 0 Å². The number of aromatic nitrogens is 2. The summed E-state index contributed by atoms with van der Waals surface area (Å²) >= 11 is 6.04. The van der Waals surface area contributed by atoms with Crippen molar-refractivity contribution in [1.29, 1.82) is 0 Å². The fourth-order valence-corrected chi connectivity index (χ4v) is 1.56. The quantitative estimate of drug-likeness (QED) is 0.891. The van der Waals surface area contributed by atoms with Crippen LogP contribution in [0.4, 0.5) is 11.7 Å². The smallest absolute Gasteiger partial charge is 0.320 e. The molecule has 1 aromatic heterocycles. The van der Waals surface area contributed by atoms with E-state index in [0.717, 1.165) is 11.3 Å². The normalized spacial score (nSPS) is 12.4. The fraction of sp³-hybridized carbons (Fsp3) is 0.333. The minimum atomic E-state index is 0.0228. The second-order valence-corrected chi connectivity index (χ2v) is 4.45. The Morgan fingerprint density at radius 2 is 2.11 bits per heavy atom. The van der Waals surface area contributed by atoms with E-state index in [1.807, 2.05) is 39.1 Å². The number of hydrogen-bond acceptors (Lipinski definition) is 5. The topological polar surface area (TPSA) is 63.0 Å². The lowest BCUT2D eigenvalue weighted by atomic mass is 10.2. The third kappa shape index (κ3) is 2.80. The van der Waals surface area contributed by atoms with Crippen molar-refractivity contribution in [2.24, 2.45) is 0 Å². The summed E-state index contributed by atoms with van der Waals surface area (Å²) in [5, 5.41) is 14.6. The number of nitrogens with zero attached hydrogens (tertiary/aromatic N) is 2. The number of hydrogen-bond donors (Lipinski definition) is 2. The molecule has 18 heavy (non-hydrogen) atoms. The van der Waals surface area contributed by atoms with Crippen molar-refractivity contribution in [1.82, 2.24) is 15.5 Å². The SMILES string of the molecule is CNC(C)c1nnc(Nc2ccc(C)c(Cl)c2)o1. The molecule has 96 valence electrons. The molecule has 1 unspecified atom stereocenters. The standard InChI is InChI=1S/C12H15ClN4O/c1-7-4-5-9(6-10(7)13)15-12-17-16-11(18-12)8(2)14-3/h4-6,8,14H,1-3H3,(H,15,17). The van der Waals surface area contributed by atoms with E-state index in [0.29, 0.717) is 16.9 Å². The van der Waals surface area contributed by atoms with Crippen LogP contribution in [0.3, 0.4) is 0 Å². The third-order valence-corrected chi connectivity index (χ3v) is 3.07. The number of aryl methyl sites for hydroxylation is 1. The van der Waals surface area contributed by atoms with E-state index < -0.39 is 0 Å². The third-order valence-electron chi connectivity index (χ3n) is 2.67. The molecule has 1 atom stereocenters. The molecule has 0 radical (unpaired) electrons. The number of anilines is 2. The van der Waals surface area contributed by atoms with Crippen LogP contribution in [0.5, 0.6) is 0 Å². The first-order valence-corrected chi connectivity index (χ1v) is 6.02. The van der Waals surface area contributed by atoms with Crippen molar-refractivity contribution in [2.45, 2.75) is 19.9 Å². The molecule has 6 heteroatoms. The van der Waals surface area contributed by atoms with Gasteiger partial charge in [-0.25, -0.2) is 0 Å². The van der Waals surface area contributed by atoms with Crippen LogP contribution in [0.25, 0.3) is 0 Å². The van der Waals surface area contributed by atoms with Crippen LogP contribution < -0.4 is 10.6 Å². The first-order valence-electron chi connectivity index (χ1n) is 5.64. The Hall–Kier alpha value is -1.59. The van der Waals surface area contributed by atoms with Gasteiger partial charge in [-0.05, 0) is 38.6 Å². The Bertz CT molecular complexity index is 541. The Morgan fingerprint density at radius 3 is 2.78 bits per heavy atom. The van der Waals surface area contributed by atoms with Gasteiger partial charge in [-0.2, -0.15) is 0 Å². The van der Waals surface area contributed by atoms with E-state index in [4.69, 9.17) is 16.0 Å². The summed E-state index contributed by atoms with van der Waals surface area (Å²) in [5.74, 6) is 0.540. The number of rotatable bonds is 4. The molecule has 0 fully saturated rings. The summed E-state index contributed by atoms with van der Waals surface area (Å²) in [6, 6.07) is 6.04. The molecule has 0 bridgehead atoms. The Morgan fingerprint density at radius 1 is 1.33 bits per heavy atom. The van der Waals surface area contributed by atoms with Gasteiger partial charge < -0.3 is 15.1 Å². The van der Waals surface area contributed by atoms with Crippen molar-refractivity contribution in [3.8, 4) is 0 Å². The second kappa shape index (κ2) is 5.37. The van der Waals surface area contributed by atoms with Gasteiger partial charge in [0.2, 0.25) is 5.89 Å². The summed E-state index contributed by atoms with van der Waals surface area (Å²) < 4.78 is 5.47. The average Bonchev–Trinajstić information content (AvgIpc) is 2.81. The molecule has 0 aliphatic rings. The summed E-state index contributed by atoms with van der Waals surface area (Å²) in [6.45, 7) is 3.89. The molecule has 5 nitrogen and oxygen atoms in total. The highest BCUT2D eigenvalue weighted by Crippen LogP contribution is 2.23. The zero-order valence-electron chi connectivity index (χ0n) is 10.5. The number of nitrogens with one attached hydrogen (secondary N) is 2. The molecular formula is C12H15ClN4O. The summed E-state index contributed by atoms with van der Waals surface area (Å²) in [5.41, 5.74) is 1.84. The molecular weight excluding hydrogens is 252 g/mol. The van der Waals surface area contributed by atoms with E-state index >= 15 is 0 Å². The lowest BCUT2D eigenvalue weighted by Crippen LogP contribution is -2.12. The molecule has 0 aliphatic heterocycles. The average molecular weight is 267 g/mol. The van der Waals surface area contributed by atoms with Gasteiger partial charge in [-0.15, -0.1) is 5.10 Å². The van der Waals surface area contributed by atoms with Crippen LogP contribution in [0.1, 0.15) is 24.4 Å². The van der Waals surface area contributed by atoms with E-state index in [-0.39, 0.29) is 6.04 Å². The molecule has 1 heterocycles. The summed E-state index contributed by atoms with van der Waals surface area (Å²) in [6.07, 6.45) is 0. The predicted molar refractivity (Wildman–Crippen MR) is 71.2 cm³/mol. The maximum absolute atomic E-state index is 6.04. The summed E-state index contributed by atoms with van der Waals surface area (Å²) in [7, 11) is 1.84. The predicted octanol–water partition coefficient (Wildman–Crippen LogP) is 3.06. The fourth-order valence-electron chi connectivity index (χ4n) is 1.38. The van der Waals surface area contributed by atoms with Crippen LogP contribution in [0, 0.1) is 6.92 Å². The molecule has 1 aromatic carbocycles. The van der Waals surface area contributed by atoms with Gasteiger partial charge in [0.05, 0.1) is 6.04 Å². The van der Waals surface area contributed by atoms with Crippen LogP contribution in [-0.4, -0.2) is 17.2 Å². The zero-order valence-corrected chi connectivity index (χ0v) is 11.2. The minimum Gasteiger partial charge on any atom is -0.406 e. The van der Waals surface area contributed by atoms with E-state index in [2.05, 4.69) is 20.8 Å². The molecule has 2 N–H and O–H groups in total. The zero-order chi connectivity index (χ0) is 13.1. The lowest BCUT2D eigenvalue weighted by molar-refractivity contribution is 0.443. The van der Waals surface area contributed by atoms with Crippen molar-refractivity contribution >= 4 is 23.3 Å². The molecule has 2 aromatic rings. The van der Waals surface area contributed by atoms with Crippen LogP contribution in [0.15, 0.2) is 22.6 Å². The molecule has 0 spiro atoms. The van der Waals surface area contributed by atoms with Crippen molar-refractivity contribution in [3.05, 3.63) is 34.7 Å². The highest BCUT2D eigenvalue weighted by atomic mass is 35.5. The molecule has 0 aliphatic carbocycles. The summed E-state index contributed by atoms with van der Waals surface area (Å²) in [4.78, 5) is 0. The van der Waals surface area contributed by atoms with Crippen LogP contribution >= 0.6 is 11.6 Å². The van der Waals surface area contributed by atoms with Gasteiger partial charge in [0.15, 0.2) is 0 Å². The largest absolute Gasteiger partial charge is 0.406 e. The van der Waals surface area contributed by atoms with Crippen molar-refractivity contribution < 1.29 is 4.42 Å². The Balaban J connectivity index is 2.13. The Kier molecular flexibility index (Phi) is 3.84. The van der Waals surface area contributed by atoms with Gasteiger partial charge in [0, 0.05) is 10.7 Å². The highest BCUT2D eigenvalue weighted by molar-refractivity contribution is 6.31. The molecule has 2 rings (SSSR count). The van der Waals surface area contributed by atoms with Crippen molar-refractivity contribution in [2.75, 3.05) is 12.4 Å². The van der Waals surface area contributed by atoms with Gasteiger partial charge in [0.1, 0.15) is 0 Å². The minimum absolute atomic E-state index is 0.0228. The Labute approximate surface area is 111 Å². The van der Waals surface area contributed by atoms with Gasteiger partial charge >= 0.3 is 6.01 Å². The molecule has 0 saturated heterocycles.